The molecule has 0 aromatic heterocycles. The molecule has 2 heterocycles. The summed E-state index contributed by atoms with van der Waals surface area (Å²) in [5, 5.41) is 0. The largest absolute Gasteiger partial charge is 0.380 e. The van der Waals surface area contributed by atoms with E-state index in [1.165, 1.54) is 70.8 Å². The van der Waals surface area contributed by atoms with Crippen molar-refractivity contribution in [3.05, 3.63) is 12.3 Å². The molecular weight excluding hydrogens is 260 g/mol. The van der Waals surface area contributed by atoms with Crippen molar-refractivity contribution in [3.8, 4) is 0 Å². The predicted molar refractivity (Wildman–Crippen MR) is 90.5 cm³/mol. The van der Waals surface area contributed by atoms with E-state index in [-0.39, 0.29) is 0 Å². The van der Waals surface area contributed by atoms with Crippen LogP contribution in [0, 0.1) is 5.92 Å². The summed E-state index contributed by atoms with van der Waals surface area (Å²) in [6.45, 7) is 14.0. The Kier molecular flexibility index (Phi) is 6.52. The number of likely N-dealkylation sites (tertiary alicyclic amines) is 1. The molecule has 122 valence electrons. The molecule has 0 aromatic carbocycles. The van der Waals surface area contributed by atoms with E-state index in [1.807, 2.05) is 0 Å². The Morgan fingerprint density at radius 2 is 1.62 bits per heavy atom. The molecule has 2 saturated heterocycles. The zero-order chi connectivity index (χ0) is 15.2. The van der Waals surface area contributed by atoms with Gasteiger partial charge < -0.3 is 14.7 Å². The molecule has 2 aliphatic rings. The molecule has 0 radical (unpaired) electrons. The lowest BCUT2D eigenvalue weighted by atomic mass is 9.93. The van der Waals surface area contributed by atoms with Gasteiger partial charge in [0.05, 0.1) is 0 Å². The molecule has 0 aromatic rings. The molecule has 21 heavy (non-hydrogen) atoms. The standard InChI is InChI=1S/C17H34N4/c1-16(18(2)3)15-21-9-6-17(7-10-21)5-8-20-13-11-19(4)12-14-20/h17H,1,5-15H2,2-4H3. The van der Waals surface area contributed by atoms with Crippen LogP contribution in [0.1, 0.15) is 19.3 Å². The van der Waals surface area contributed by atoms with Gasteiger partial charge in [-0.15, -0.1) is 0 Å². The molecule has 2 fully saturated rings. The van der Waals surface area contributed by atoms with Crippen LogP contribution < -0.4 is 0 Å². The summed E-state index contributed by atoms with van der Waals surface area (Å²) in [5.41, 5.74) is 1.23. The van der Waals surface area contributed by atoms with Crippen LogP contribution in [0.15, 0.2) is 12.3 Å². The maximum Gasteiger partial charge on any atom is 0.0377 e. The lowest BCUT2D eigenvalue weighted by Gasteiger charge is -2.36. The minimum absolute atomic E-state index is 0.938. The first-order chi connectivity index (χ1) is 10.0. The number of hydrogen-bond acceptors (Lipinski definition) is 4. The average Bonchev–Trinajstić information content (AvgIpc) is 2.48. The Labute approximate surface area is 131 Å². The highest BCUT2D eigenvalue weighted by molar-refractivity contribution is 4.95. The molecule has 2 aliphatic heterocycles. The summed E-state index contributed by atoms with van der Waals surface area (Å²) in [6, 6.07) is 0. The second-order valence-corrected chi connectivity index (χ2v) is 7.11. The van der Waals surface area contributed by atoms with E-state index in [0.717, 1.165) is 12.5 Å². The van der Waals surface area contributed by atoms with E-state index in [4.69, 9.17) is 0 Å². The van der Waals surface area contributed by atoms with E-state index in [1.54, 1.807) is 0 Å². The molecule has 2 rings (SSSR count). The summed E-state index contributed by atoms with van der Waals surface area (Å²) in [6.07, 6.45) is 4.13. The highest BCUT2D eigenvalue weighted by atomic mass is 15.2. The molecular formula is C17H34N4. The Hall–Kier alpha value is -0.580. The molecule has 4 nitrogen and oxygen atoms in total. The maximum absolute atomic E-state index is 4.14. The Morgan fingerprint density at radius 3 is 2.19 bits per heavy atom. The number of rotatable bonds is 6. The van der Waals surface area contributed by atoms with E-state index < -0.39 is 0 Å². The molecule has 0 N–H and O–H groups in total. The fraction of sp³-hybridized carbons (Fsp3) is 0.882. The first-order valence-corrected chi connectivity index (χ1v) is 8.53. The van der Waals surface area contributed by atoms with Gasteiger partial charge in [0, 0.05) is 52.5 Å². The van der Waals surface area contributed by atoms with Crippen LogP contribution in [0.3, 0.4) is 0 Å². The van der Waals surface area contributed by atoms with Crippen molar-refractivity contribution in [3.63, 3.8) is 0 Å². The van der Waals surface area contributed by atoms with Crippen molar-refractivity contribution in [1.29, 1.82) is 0 Å². The number of piperazine rings is 1. The number of nitrogens with zero attached hydrogens (tertiary/aromatic N) is 4. The van der Waals surface area contributed by atoms with Gasteiger partial charge in [-0.05, 0) is 51.9 Å². The van der Waals surface area contributed by atoms with Gasteiger partial charge in [-0.1, -0.05) is 6.58 Å². The van der Waals surface area contributed by atoms with Gasteiger partial charge in [-0.25, -0.2) is 0 Å². The van der Waals surface area contributed by atoms with Crippen LogP contribution >= 0.6 is 0 Å². The predicted octanol–water partition coefficient (Wildman–Crippen LogP) is 1.41. The molecule has 0 aliphatic carbocycles. The van der Waals surface area contributed by atoms with Crippen molar-refractivity contribution in [1.82, 2.24) is 19.6 Å². The molecule has 0 spiro atoms. The minimum atomic E-state index is 0.938. The summed E-state index contributed by atoms with van der Waals surface area (Å²) in [7, 11) is 6.41. The fourth-order valence-corrected chi connectivity index (χ4v) is 3.27. The van der Waals surface area contributed by atoms with Gasteiger partial charge in [0.15, 0.2) is 0 Å². The van der Waals surface area contributed by atoms with Gasteiger partial charge in [0.2, 0.25) is 0 Å². The topological polar surface area (TPSA) is 13.0 Å². The van der Waals surface area contributed by atoms with Crippen LogP contribution in [-0.2, 0) is 0 Å². The summed E-state index contributed by atoms with van der Waals surface area (Å²) in [5.74, 6) is 0.938. The van der Waals surface area contributed by atoms with Crippen LogP contribution in [0.5, 0.6) is 0 Å². The Balaban J connectivity index is 1.60. The molecule has 0 atom stereocenters. The lowest BCUT2D eigenvalue weighted by molar-refractivity contribution is 0.130. The third kappa shape index (κ3) is 5.61. The van der Waals surface area contributed by atoms with Crippen molar-refractivity contribution < 1.29 is 0 Å². The zero-order valence-electron chi connectivity index (χ0n) is 14.4. The van der Waals surface area contributed by atoms with Gasteiger partial charge in [0.1, 0.15) is 0 Å². The number of hydrogen-bond donors (Lipinski definition) is 0. The van der Waals surface area contributed by atoms with Crippen molar-refractivity contribution >= 4 is 0 Å². The van der Waals surface area contributed by atoms with E-state index >= 15 is 0 Å². The van der Waals surface area contributed by atoms with Gasteiger partial charge in [-0.2, -0.15) is 0 Å². The normalized spacial score (nSPS) is 23.4. The third-order valence-electron chi connectivity index (χ3n) is 5.20. The third-order valence-corrected chi connectivity index (χ3v) is 5.20. The highest BCUT2D eigenvalue weighted by Gasteiger charge is 2.21. The van der Waals surface area contributed by atoms with E-state index in [9.17, 15) is 0 Å². The smallest absolute Gasteiger partial charge is 0.0377 e. The second kappa shape index (κ2) is 8.16. The van der Waals surface area contributed by atoms with E-state index in [2.05, 4.69) is 47.3 Å². The quantitative estimate of drug-likeness (QED) is 0.734. The Morgan fingerprint density at radius 1 is 1.00 bits per heavy atom. The first-order valence-electron chi connectivity index (χ1n) is 8.53. The average molecular weight is 294 g/mol. The molecule has 0 bridgehead atoms. The number of piperidine rings is 1. The molecule has 0 amide bonds. The molecule has 0 unspecified atom stereocenters. The van der Waals surface area contributed by atoms with Crippen molar-refractivity contribution in [2.75, 3.05) is 73.5 Å². The summed E-state index contributed by atoms with van der Waals surface area (Å²) in [4.78, 5) is 9.79. The van der Waals surface area contributed by atoms with E-state index in [0.29, 0.717) is 0 Å². The van der Waals surface area contributed by atoms with Gasteiger partial charge in [0.25, 0.3) is 0 Å². The van der Waals surface area contributed by atoms with Crippen molar-refractivity contribution in [2.45, 2.75) is 19.3 Å². The fourth-order valence-electron chi connectivity index (χ4n) is 3.27. The second-order valence-electron chi connectivity index (χ2n) is 7.11. The monoisotopic (exact) mass is 294 g/mol. The highest BCUT2D eigenvalue weighted by Crippen LogP contribution is 2.21. The van der Waals surface area contributed by atoms with Crippen LogP contribution in [-0.4, -0.2) is 93.1 Å². The van der Waals surface area contributed by atoms with Crippen molar-refractivity contribution in [2.24, 2.45) is 5.92 Å². The van der Waals surface area contributed by atoms with Crippen LogP contribution in [0.2, 0.25) is 0 Å². The van der Waals surface area contributed by atoms with Crippen LogP contribution in [0.25, 0.3) is 0 Å². The molecule has 4 heteroatoms. The minimum Gasteiger partial charge on any atom is -0.380 e. The summed E-state index contributed by atoms with van der Waals surface area (Å²) >= 11 is 0. The Bertz CT molecular complexity index is 313. The lowest BCUT2D eigenvalue weighted by Crippen LogP contribution is -2.45. The maximum atomic E-state index is 4.14. The molecule has 0 saturated carbocycles. The van der Waals surface area contributed by atoms with Gasteiger partial charge in [-0.3, -0.25) is 4.90 Å². The summed E-state index contributed by atoms with van der Waals surface area (Å²) < 4.78 is 0. The first kappa shape index (κ1) is 16.8. The zero-order valence-corrected chi connectivity index (χ0v) is 14.4. The van der Waals surface area contributed by atoms with Crippen LogP contribution in [0.4, 0.5) is 0 Å². The SMILES string of the molecule is C=C(CN1CCC(CCN2CCN(C)CC2)CC1)N(C)C. The number of likely N-dealkylation sites (N-methyl/N-ethyl adjacent to an activating group) is 2. The van der Waals surface area contributed by atoms with Gasteiger partial charge >= 0.3 is 0 Å².